The van der Waals surface area contributed by atoms with Crippen LogP contribution in [0.4, 0.5) is 0 Å². The van der Waals surface area contributed by atoms with Crippen LogP contribution in [0.2, 0.25) is 0 Å². The molecule has 1 aliphatic rings. The molecule has 2 heteroatoms. The minimum Gasteiger partial charge on any atom is -0.307 e. The molecule has 1 N–H and O–H groups in total. The van der Waals surface area contributed by atoms with E-state index in [9.17, 15) is 0 Å². The molecular formula is C15H18N2. The van der Waals surface area contributed by atoms with E-state index in [2.05, 4.69) is 41.5 Å². The molecule has 0 aliphatic carbocycles. The molecule has 0 amide bonds. The first-order valence-electron chi connectivity index (χ1n) is 6.44. The number of hydrogen-bond donors (Lipinski definition) is 1. The van der Waals surface area contributed by atoms with Crippen LogP contribution in [0.15, 0.2) is 36.7 Å². The van der Waals surface area contributed by atoms with Gasteiger partial charge in [0.1, 0.15) is 0 Å². The molecule has 2 heterocycles. The number of pyridine rings is 1. The molecule has 88 valence electrons. The first-order chi connectivity index (χ1) is 8.36. The van der Waals surface area contributed by atoms with Crippen molar-refractivity contribution in [3.05, 3.63) is 42.2 Å². The summed E-state index contributed by atoms with van der Waals surface area (Å²) in [5, 5.41) is 6.28. The summed E-state index contributed by atoms with van der Waals surface area (Å²) in [6, 6.07) is 8.55. The van der Waals surface area contributed by atoms with Crippen molar-refractivity contribution in [1.29, 1.82) is 0 Å². The second-order valence-electron chi connectivity index (χ2n) is 4.87. The third-order valence-corrected chi connectivity index (χ3v) is 4.03. The molecule has 3 rings (SSSR count). The Hall–Kier alpha value is -1.41. The fourth-order valence-corrected chi connectivity index (χ4v) is 3.03. The molecule has 1 aromatic heterocycles. The van der Waals surface area contributed by atoms with Crippen LogP contribution in [-0.2, 0) is 5.54 Å². The van der Waals surface area contributed by atoms with E-state index < -0.39 is 0 Å². The summed E-state index contributed by atoms with van der Waals surface area (Å²) in [6.45, 7) is 3.39. The van der Waals surface area contributed by atoms with E-state index in [1.807, 2.05) is 12.4 Å². The van der Waals surface area contributed by atoms with Crippen LogP contribution in [0.5, 0.6) is 0 Å². The molecule has 2 nitrogen and oxygen atoms in total. The maximum absolute atomic E-state index is 4.41. The molecule has 17 heavy (non-hydrogen) atoms. The Balaban J connectivity index is 2.22. The average Bonchev–Trinajstić information content (AvgIpc) is 2.88. The molecule has 1 atom stereocenters. The second kappa shape index (κ2) is 4.11. The monoisotopic (exact) mass is 226 g/mol. The minimum absolute atomic E-state index is 0.147. The molecule has 1 aromatic carbocycles. The molecule has 0 spiro atoms. The first-order valence-corrected chi connectivity index (χ1v) is 6.44. The van der Waals surface area contributed by atoms with Crippen molar-refractivity contribution < 1.29 is 0 Å². The van der Waals surface area contributed by atoms with Crippen molar-refractivity contribution in [3.8, 4) is 0 Å². The van der Waals surface area contributed by atoms with Crippen LogP contribution in [0.3, 0.4) is 0 Å². The summed E-state index contributed by atoms with van der Waals surface area (Å²) >= 11 is 0. The van der Waals surface area contributed by atoms with Crippen molar-refractivity contribution in [2.24, 2.45) is 0 Å². The van der Waals surface area contributed by atoms with E-state index >= 15 is 0 Å². The third kappa shape index (κ3) is 1.64. The number of nitrogens with zero attached hydrogens (tertiary/aromatic N) is 1. The minimum atomic E-state index is 0.147. The van der Waals surface area contributed by atoms with Crippen LogP contribution >= 0.6 is 0 Å². The van der Waals surface area contributed by atoms with Gasteiger partial charge in [-0.2, -0.15) is 0 Å². The van der Waals surface area contributed by atoms with Crippen LogP contribution in [-0.4, -0.2) is 11.5 Å². The molecular weight excluding hydrogens is 208 g/mol. The lowest BCUT2D eigenvalue weighted by Crippen LogP contribution is -2.36. The van der Waals surface area contributed by atoms with Gasteiger partial charge in [0, 0.05) is 23.3 Å². The van der Waals surface area contributed by atoms with Gasteiger partial charge in [-0.3, -0.25) is 4.98 Å². The highest BCUT2D eigenvalue weighted by Crippen LogP contribution is 2.37. The Labute approximate surface area is 102 Å². The number of fused-ring (bicyclic) bond motifs is 1. The molecule has 2 aromatic rings. The normalized spacial score (nSPS) is 24.3. The molecule has 1 fully saturated rings. The van der Waals surface area contributed by atoms with E-state index in [0.29, 0.717) is 0 Å². The number of rotatable bonds is 2. The highest BCUT2D eigenvalue weighted by Gasteiger charge is 2.34. The summed E-state index contributed by atoms with van der Waals surface area (Å²) in [5.74, 6) is 0. The average molecular weight is 226 g/mol. The second-order valence-corrected chi connectivity index (χ2v) is 4.87. The zero-order chi connectivity index (χ0) is 11.7. The van der Waals surface area contributed by atoms with Crippen molar-refractivity contribution in [2.45, 2.75) is 31.7 Å². The van der Waals surface area contributed by atoms with Crippen LogP contribution < -0.4 is 5.32 Å². The van der Waals surface area contributed by atoms with Gasteiger partial charge in [0.15, 0.2) is 0 Å². The topological polar surface area (TPSA) is 24.9 Å². The van der Waals surface area contributed by atoms with E-state index in [1.54, 1.807) is 0 Å². The summed E-state index contributed by atoms with van der Waals surface area (Å²) in [4.78, 5) is 4.41. The highest BCUT2D eigenvalue weighted by molar-refractivity contribution is 5.85. The number of aromatic nitrogens is 1. The Morgan fingerprint density at radius 3 is 2.94 bits per heavy atom. The van der Waals surface area contributed by atoms with Gasteiger partial charge >= 0.3 is 0 Å². The van der Waals surface area contributed by atoms with Crippen LogP contribution in [0.1, 0.15) is 31.7 Å². The van der Waals surface area contributed by atoms with Gasteiger partial charge < -0.3 is 5.32 Å². The van der Waals surface area contributed by atoms with Crippen molar-refractivity contribution in [2.75, 3.05) is 6.54 Å². The molecule has 0 radical (unpaired) electrons. The van der Waals surface area contributed by atoms with Crippen LogP contribution in [0.25, 0.3) is 10.8 Å². The summed E-state index contributed by atoms with van der Waals surface area (Å²) < 4.78 is 0. The lowest BCUT2D eigenvalue weighted by Gasteiger charge is -2.29. The van der Waals surface area contributed by atoms with Gasteiger partial charge in [0.05, 0.1) is 0 Å². The smallest absolute Gasteiger partial charge is 0.0454 e. The lowest BCUT2D eigenvalue weighted by molar-refractivity contribution is 0.378. The fourth-order valence-electron chi connectivity index (χ4n) is 3.03. The fraction of sp³-hybridized carbons (Fsp3) is 0.400. The number of nitrogens with one attached hydrogen (secondary N) is 1. The molecule has 1 unspecified atom stereocenters. The maximum Gasteiger partial charge on any atom is 0.0454 e. The van der Waals surface area contributed by atoms with E-state index in [4.69, 9.17) is 0 Å². The molecule has 0 bridgehead atoms. The van der Waals surface area contributed by atoms with Crippen molar-refractivity contribution in [1.82, 2.24) is 10.3 Å². The number of hydrogen-bond acceptors (Lipinski definition) is 2. The van der Waals surface area contributed by atoms with E-state index in [-0.39, 0.29) is 5.54 Å². The Morgan fingerprint density at radius 1 is 1.29 bits per heavy atom. The third-order valence-electron chi connectivity index (χ3n) is 4.03. The van der Waals surface area contributed by atoms with E-state index in [1.165, 1.54) is 29.2 Å². The van der Waals surface area contributed by atoms with Gasteiger partial charge in [-0.25, -0.2) is 0 Å². The van der Waals surface area contributed by atoms with Crippen LogP contribution in [0, 0.1) is 0 Å². The highest BCUT2D eigenvalue weighted by atomic mass is 15.0. The quantitative estimate of drug-likeness (QED) is 0.850. The zero-order valence-corrected chi connectivity index (χ0v) is 10.2. The Morgan fingerprint density at radius 2 is 2.18 bits per heavy atom. The molecule has 1 saturated heterocycles. The maximum atomic E-state index is 4.41. The summed E-state index contributed by atoms with van der Waals surface area (Å²) in [6.07, 6.45) is 7.61. The van der Waals surface area contributed by atoms with Gasteiger partial charge in [-0.15, -0.1) is 0 Å². The zero-order valence-electron chi connectivity index (χ0n) is 10.2. The lowest BCUT2D eigenvalue weighted by atomic mass is 9.84. The summed E-state index contributed by atoms with van der Waals surface area (Å²) in [5.41, 5.74) is 1.52. The predicted molar refractivity (Wildman–Crippen MR) is 70.9 cm³/mol. The van der Waals surface area contributed by atoms with Gasteiger partial charge in [-0.05, 0) is 36.8 Å². The summed E-state index contributed by atoms with van der Waals surface area (Å²) in [7, 11) is 0. The first kappa shape index (κ1) is 10.7. The Kier molecular flexibility index (Phi) is 2.60. The van der Waals surface area contributed by atoms with Gasteiger partial charge in [-0.1, -0.05) is 31.2 Å². The van der Waals surface area contributed by atoms with Crippen molar-refractivity contribution >= 4 is 10.8 Å². The standard InChI is InChI=1S/C15H18N2/c1-2-15(8-5-9-17-15)14-11-16-10-12-6-3-4-7-13(12)14/h3-4,6-7,10-11,17H,2,5,8-9H2,1H3. The predicted octanol–water partition coefficient (Wildman–Crippen LogP) is 3.22. The SMILES string of the molecule is CCC1(c2cncc3ccccc23)CCCN1. The Bertz CT molecular complexity index is 522. The number of benzene rings is 1. The largest absolute Gasteiger partial charge is 0.307 e. The van der Waals surface area contributed by atoms with Crippen molar-refractivity contribution in [3.63, 3.8) is 0 Å². The molecule has 0 saturated carbocycles. The molecule has 1 aliphatic heterocycles. The van der Waals surface area contributed by atoms with Gasteiger partial charge in [0.25, 0.3) is 0 Å². The van der Waals surface area contributed by atoms with E-state index in [0.717, 1.165) is 13.0 Å². The van der Waals surface area contributed by atoms with Gasteiger partial charge in [0.2, 0.25) is 0 Å².